The van der Waals surface area contributed by atoms with E-state index >= 15 is 0 Å². The lowest BCUT2D eigenvalue weighted by molar-refractivity contribution is -0.127. The summed E-state index contributed by atoms with van der Waals surface area (Å²) < 4.78 is 4.93. The molecule has 1 aromatic heterocycles. The van der Waals surface area contributed by atoms with Crippen molar-refractivity contribution in [2.24, 2.45) is 16.3 Å². The Balaban J connectivity index is 2.04. The van der Waals surface area contributed by atoms with Gasteiger partial charge in [0.1, 0.15) is 16.9 Å². The molecule has 0 atom stereocenters. The van der Waals surface area contributed by atoms with E-state index in [2.05, 4.69) is 15.6 Å². The van der Waals surface area contributed by atoms with Gasteiger partial charge in [0.15, 0.2) is 5.84 Å². The maximum atomic E-state index is 12.3. The van der Waals surface area contributed by atoms with Crippen molar-refractivity contribution in [2.45, 2.75) is 39.2 Å². The van der Waals surface area contributed by atoms with Crippen LogP contribution in [0, 0.1) is 12.3 Å². The fourth-order valence-corrected chi connectivity index (χ4v) is 2.52. The third kappa shape index (κ3) is 2.54. The quantitative estimate of drug-likeness (QED) is 0.324. The van der Waals surface area contributed by atoms with E-state index in [1.165, 1.54) is 0 Å². The van der Waals surface area contributed by atoms with Gasteiger partial charge >= 0.3 is 0 Å². The van der Waals surface area contributed by atoms with Gasteiger partial charge < -0.3 is 20.8 Å². The summed E-state index contributed by atoms with van der Waals surface area (Å²) in [5.74, 6) is 0.455. The topological polar surface area (TPSA) is 114 Å². The molecule has 0 bridgehead atoms. The largest absolute Gasteiger partial charge is 0.409 e. The third-order valence-corrected chi connectivity index (χ3v) is 3.60. The van der Waals surface area contributed by atoms with E-state index in [4.69, 9.17) is 15.5 Å². The lowest BCUT2D eigenvalue weighted by Crippen LogP contribution is -2.48. The van der Waals surface area contributed by atoms with Crippen LogP contribution in [0.15, 0.2) is 15.7 Å². The fraction of sp³-hybridized carbons (Fsp3) is 0.583. The normalized spacial score (nSPS) is 18.5. The van der Waals surface area contributed by atoms with Crippen molar-refractivity contribution >= 4 is 11.7 Å². The molecule has 0 radical (unpaired) electrons. The van der Waals surface area contributed by atoms with Gasteiger partial charge in [0.2, 0.25) is 5.91 Å². The summed E-state index contributed by atoms with van der Waals surface area (Å²) in [6.07, 6.45) is 3.00. The molecule has 1 heterocycles. The van der Waals surface area contributed by atoms with Crippen LogP contribution in [-0.4, -0.2) is 22.1 Å². The van der Waals surface area contributed by atoms with Crippen molar-refractivity contribution in [2.75, 3.05) is 0 Å². The monoisotopic (exact) mass is 266 g/mol. The fourth-order valence-electron chi connectivity index (χ4n) is 2.52. The Bertz CT molecular complexity index is 489. The molecule has 1 aromatic rings. The molecule has 0 spiro atoms. The number of aromatic nitrogens is 1. The number of amides is 1. The van der Waals surface area contributed by atoms with Crippen molar-refractivity contribution in [3.05, 3.63) is 17.5 Å². The molecule has 0 unspecified atom stereocenters. The molecule has 1 aliphatic rings. The first-order chi connectivity index (χ1) is 9.08. The van der Waals surface area contributed by atoms with Crippen LogP contribution in [-0.2, 0) is 11.3 Å². The highest BCUT2D eigenvalue weighted by Crippen LogP contribution is 2.38. The van der Waals surface area contributed by atoms with Gasteiger partial charge in [-0.05, 0) is 19.8 Å². The Hall–Kier alpha value is -2.05. The van der Waals surface area contributed by atoms with Gasteiger partial charge in [-0.15, -0.1) is 0 Å². The standard InChI is InChI=1S/C12H18N4O3/c1-8-6-9(16-19-8)7-14-11(17)12(10(13)15-18)4-2-3-5-12/h6,18H,2-5,7H2,1H3,(H2,13,15)(H,14,17). The Morgan fingerprint density at radius 2 is 2.32 bits per heavy atom. The molecule has 1 amide bonds. The second kappa shape index (κ2) is 5.29. The van der Waals surface area contributed by atoms with Crippen LogP contribution in [0.2, 0.25) is 0 Å². The summed E-state index contributed by atoms with van der Waals surface area (Å²) >= 11 is 0. The lowest BCUT2D eigenvalue weighted by atomic mass is 9.84. The Labute approximate surface area is 110 Å². The first-order valence-corrected chi connectivity index (χ1v) is 6.27. The van der Waals surface area contributed by atoms with E-state index in [0.717, 1.165) is 12.8 Å². The van der Waals surface area contributed by atoms with Gasteiger partial charge in [-0.1, -0.05) is 23.2 Å². The van der Waals surface area contributed by atoms with Crippen LogP contribution in [0.4, 0.5) is 0 Å². The molecular weight excluding hydrogens is 248 g/mol. The maximum absolute atomic E-state index is 12.3. The number of carbonyl (C=O) groups excluding carboxylic acids is 1. The van der Waals surface area contributed by atoms with E-state index in [1.54, 1.807) is 13.0 Å². The molecular formula is C12H18N4O3. The van der Waals surface area contributed by atoms with Gasteiger partial charge in [-0.3, -0.25) is 4.79 Å². The number of amidine groups is 1. The lowest BCUT2D eigenvalue weighted by Gasteiger charge is -2.25. The molecule has 1 aliphatic carbocycles. The number of hydrogen-bond donors (Lipinski definition) is 3. The van der Waals surface area contributed by atoms with Crippen molar-refractivity contribution in [3.8, 4) is 0 Å². The van der Waals surface area contributed by atoms with Crippen molar-refractivity contribution in [1.29, 1.82) is 0 Å². The molecule has 2 rings (SSSR count). The van der Waals surface area contributed by atoms with Crippen molar-refractivity contribution in [3.63, 3.8) is 0 Å². The second-order valence-corrected chi connectivity index (χ2v) is 4.89. The number of oxime groups is 1. The first-order valence-electron chi connectivity index (χ1n) is 6.27. The molecule has 104 valence electrons. The highest BCUT2D eigenvalue weighted by Gasteiger charge is 2.45. The van der Waals surface area contributed by atoms with E-state index in [0.29, 0.717) is 24.3 Å². The number of rotatable bonds is 4. The number of carbonyl (C=O) groups is 1. The van der Waals surface area contributed by atoms with Crippen LogP contribution < -0.4 is 11.1 Å². The Morgan fingerprint density at radius 1 is 1.63 bits per heavy atom. The molecule has 0 saturated heterocycles. The predicted molar refractivity (Wildman–Crippen MR) is 67.4 cm³/mol. The van der Waals surface area contributed by atoms with Crippen LogP contribution in [0.5, 0.6) is 0 Å². The van der Waals surface area contributed by atoms with Crippen LogP contribution >= 0.6 is 0 Å². The van der Waals surface area contributed by atoms with E-state index in [9.17, 15) is 4.79 Å². The zero-order chi connectivity index (χ0) is 13.9. The van der Waals surface area contributed by atoms with Gasteiger partial charge in [0.05, 0.1) is 6.54 Å². The molecule has 1 fully saturated rings. The summed E-state index contributed by atoms with van der Waals surface area (Å²) in [6.45, 7) is 2.06. The van der Waals surface area contributed by atoms with Gasteiger partial charge in [0, 0.05) is 6.07 Å². The molecule has 19 heavy (non-hydrogen) atoms. The second-order valence-electron chi connectivity index (χ2n) is 4.89. The Kier molecular flexibility index (Phi) is 3.73. The van der Waals surface area contributed by atoms with Gasteiger partial charge in [-0.2, -0.15) is 0 Å². The third-order valence-electron chi connectivity index (χ3n) is 3.60. The number of hydrogen-bond acceptors (Lipinski definition) is 5. The summed E-state index contributed by atoms with van der Waals surface area (Å²) in [7, 11) is 0. The predicted octanol–water partition coefficient (Wildman–Crippen LogP) is 0.906. The summed E-state index contributed by atoms with van der Waals surface area (Å²) in [5, 5.41) is 18.5. The number of nitrogens with two attached hydrogens (primary N) is 1. The van der Waals surface area contributed by atoms with Crippen LogP contribution in [0.3, 0.4) is 0 Å². The highest BCUT2D eigenvalue weighted by atomic mass is 16.5. The van der Waals surface area contributed by atoms with Crippen molar-refractivity contribution in [1.82, 2.24) is 10.5 Å². The average molecular weight is 266 g/mol. The molecule has 0 aliphatic heterocycles. The van der Waals surface area contributed by atoms with E-state index in [1.807, 2.05) is 0 Å². The Morgan fingerprint density at radius 3 is 2.84 bits per heavy atom. The van der Waals surface area contributed by atoms with Gasteiger partial charge in [0.25, 0.3) is 0 Å². The molecule has 7 heteroatoms. The van der Waals surface area contributed by atoms with Crippen molar-refractivity contribution < 1.29 is 14.5 Å². The number of nitrogens with one attached hydrogen (secondary N) is 1. The minimum Gasteiger partial charge on any atom is -0.409 e. The number of aryl methyl sites for hydroxylation is 1. The number of nitrogens with zero attached hydrogens (tertiary/aromatic N) is 2. The van der Waals surface area contributed by atoms with Crippen LogP contribution in [0.1, 0.15) is 37.1 Å². The molecule has 4 N–H and O–H groups in total. The minimum absolute atomic E-state index is 0.0150. The molecule has 1 saturated carbocycles. The van der Waals surface area contributed by atoms with Gasteiger partial charge in [-0.25, -0.2) is 0 Å². The van der Waals surface area contributed by atoms with E-state index < -0.39 is 5.41 Å². The van der Waals surface area contributed by atoms with Crippen LogP contribution in [0.25, 0.3) is 0 Å². The SMILES string of the molecule is Cc1cc(CNC(=O)C2(C(N)=NO)CCCC2)no1. The zero-order valence-electron chi connectivity index (χ0n) is 10.8. The smallest absolute Gasteiger partial charge is 0.234 e. The minimum atomic E-state index is -0.881. The zero-order valence-corrected chi connectivity index (χ0v) is 10.8. The molecule has 7 nitrogen and oxygen atoms in total. The summed E-state index contributed by atoms with van der Waals surface area (Å²) in [6, 6.07) is 1.76. The first kappa shape index (κ1) is 13.4. The highest BCUT2D eigenvalue weighted by molar-refractivity contribution is 6.06. The summed E-state index contributed by atoms with van der Waals surface area (Å²) in [4.78, 5) is 12.3. The molecule has 0 aromatic carbocycles. The average Bonchev–Trinajstić information content (AvgIpc) is 3.04. The van der Waals surface area contributed by atoms with E-state index in [-0.39, 0.29) is 18.3 Å². The summed E-state index contributed by atoms with van der Waals surface area (Å²) in [5.41, 5.74) is 5.46. The maximum Gasteiger partial charge on any atom is 0.234 e.